The molecule has 1 heterocycles. The summed E-state index contributed by atoms with van der Waals surface area (Å²) in [4.78, 5) is 16.8. The summed E-state index contributed by atoms with van der Waals surface area (Å²) in [6, 6.07) is 12.2. The Kier molecular flexibility index (Phi) is 5.81. The van der Waals surface area contributed by atoms with E-state index in [0.717, 1.165) is 11.3 Å². The lowest BCUT2D eigenvalue weighted by Crippen LogP contribution is -2.12. The number of nitrogens with zero attached hydrogens (tertiary/aromatic N) is 1. The predicted octanol–water partition coefficient (Wildman–Crippen LogP) is 6.16. The van der Waals surface area contributed by atoms with Gasteiger partial charge in [0.1, 0.15) is 5.75 Å². The number of carbonyl (C=O) groups is 1. The highest BCUT2D eigenvalue weighted by atomic mass is 35.5. The van der Waals surface area contributed by atoms with Gasteiger partial charge in [0.25, 0.3) is 5.91 Å². The van der Waals surface area contributed by atoms with Crippen molar-refractivity contribution in [3.8, 4) is 17.0 Å². The van der Waals surface area contributed by atoms with Crippen molar-refractivity contribution in [2.24, 2.45) is 0 Å². The highest BCUT2D eigenvalue weighted by Gasteiger charge is 2.12. The van der Waals surface area contributed by atoms with E-state index in [2.05, 4.69) is 10.3 Å². The molecule has 2 aromatic carbocycles. The third-order valence-electron chi connectivity index (χ3n) is 3.42. The number of halogens is 2. The zero-order valence-corrected chi connectivity index (χ0v) is 16.5. The van der Waals surface area contributed by atoms with E-state index < -0.39 is 0 Å². The molecular formula is C19H16Cl2N2O2S. The third kappa shape index (κ3) is 4.55. The number of anilines is 1. The van der Waals surface area contributed by atoms with Crippen molar-refractivity contribution in [2.75, 3.05) is 5.32 Å². The van der Waals surface area contributed by atoms with Gasteiger partial charge in [-0.15, -0.1) is 11.3 Å². The van der Waals surface area contributed by atoms with Gasteiger partial charge in [-0.2, -0.15) is 0 Å². The Morgan fingerprint density at radius 2 is 1.88 bits per heavy atom. The van der Waals surface area contributed by atoms with E-state index in [0.29, 0.717) is 26.4 Å². The number of aromatic nitrogens is 1. The standard InChI is InChI=1S/C19H16Cl2N2O2S/c1-11(2)25-14-6-3-12(4-7-14)18(24)23-19-22-17(10-26-19)15-9-13(20)5-8-16(15)21/h3-11H,1-2H3,(H,22,23,24). The number of amides is 1. The topological polar surface area (TPSA) is 51.2 Å². The monoisotopic (exact) mass is 406 g/mol. The Bertz CT molecular complexity index is 924. The lowest BCUT2D eigenvalue weighted by atomic mass is 10.2. The number of ether oxygens (including phenoxy) is 1. The maximum Gasteiger partial charge on any atom is 0.257 e. The first-order chi connectivity index (χ1) is 12.4. The first kappa shape index (κ1) is 18.7. The smallest absolute Gasteiger partial charge is 0.257 e. The molecule has 4 nitrogen and oxygen atoms in total. The molecule has 0 saturated heterocycles. The van der Waals surface area contributed by atoms with Gasteiger partial charge >= 0.3 is 0 Å². The van der Waals surface area contributed by atoms with Crippen molar-refractivity contribution in [3.05, 3.63) is 63.5 Å². The average Bonchev–Trinajstić information content (AvgIpc) is 3.05. The molecule has 1 aromatic heterocycles. The van der Waals surface area contributed by atoms with E-state index in [9.17, 15) is 4.79 Å². The molecule has 0 saturated carbocycles. The normalized spacial score (nSPS) is 10.8. The maximum atomic E-state index is 12.4. The Hall–Kier alpha value is -2.08. The van der Waals surface area contributed by atoms with Gasteiger partial charge in [-0.05, 0) is 56.3 Å². The number of thiazole rings is 1. The van der Waals surface area contributed by atoms with Crippen LogP contribution in [0.2, 0.25) is 10.0 Å². The molecule has 134 valence electrons. The number of carbonyl (C=O) groups excluding carboxylic acids is 1. The number of nitrogens with one attached hydrogen (secondary N) is 1. The summed E-state index contributed by atoms with van der Waals surface area (Å²) in [7, 11) is 0. The molecule has 0 aliphatic heterocycles. The van der Waals surface area contributed by atoms with Gasteiger partial charge < -0.3 is 4.74 Å². The first-order valence-corrected chi connectivity index (χ1v) is 9.55. The van der Waals surface area contributed by atoms with Gasteiger partial charge in [0.15, 0.2) is 5.13 Å². The minimum atomic E-state index is -0.237. The van der Waals surface area contributed by atoms with Crippen molar-refractivity contribution >= 4 is 45.6 Å². The quantitative estimate of drug-likeness (QED) is 0.551. The van der Waals surface area contributed by atoms with Gasteiger partial charge in [0, 0.05) is 21.5 Å². The van der Waals surface area contributed by atoms with Crippen LogP contribution in [0.5, 0.6) is 5.75 Å². The van der Waals surface area contributed by atoms with Crippen molar-refractivity contribution in [3.63, 3.8) is 0 Å². The molecule has 7 heteroatoms. The molecule has 0 atom stereocenters. The van der Waals surface area contributed by atoms with Crippen LogP contribution in [-0.4, -0.2) is 17.0 Å². The molecule has 1 N–H and O–H groups in total. The molecule has 26 heavy (non-hydrogen) atoms. The van der Waals surface area contributed by atoms with Gasteiger partial charge in [-0.1, -0.05) is 23.2 Å². The number of rotatable bonds is 5. The Labute approximate surface area is 165 Å². The number of hydrogen-bond donors (Lipinski definition) is 1. The second-order valence-corrected chi connectivity index (χ2v) is 7.51. The molecular weight excluding hydrogens is 391 g/mol. The molecule has 3 aromatic rings. The summed E-state index contributed by atoms with van der Waals surface area (Å²) in [5, 5.41) is 6.24. The summed E-state index contributed by atoms with van der Waals surface area (Å²) in [5.74, 6) is 0.489. The first-order valence-electron chi connectivity index (χ1n) is 7.91. The average molecular weight is 407 g/mol. The van der Waals surface area contributed by atoms with Crippen molar-refractivity contribution < 1.29 is 9.53 Å². The molecule has 0 unspecified atom stereocenters. The predicted molar refractivity (Wildman–Crippen MR) is 108 cm³/mol. The molecule has 3 rings (SSSR count). The lowest BCUT2D eigenvalue weighted by Gasteiger charge is -2.09. The summed E-state index contributed by atoms with van der Waals surface area (Å²) in [6.45, 7) is 3.90. The highest BCUT2D eigenvalue weighted by molar-refractivity contribution is 7.14. The zero-order chi connectivity index (χ0) is 18.7. The fourth-order valence-corrected chi connectivity index (χ4v) is 3.37. The SMILES string of the molecule is CC(C)Oc1ccc(C(=O)Nc2nc(-c3cc(Cl)ccc3Cl)cs2)cc1. The van der Waals surface area contributed by atoms with Crippen LogP contribution in [-0.2, 0) is 0 Å². The van der Waals surface area contributed by atoms with Gasteiger partial charge in [-0.25, -0.2) is 4.98 Å². The van der Waals surface area contributed by atoms with E-state index in [-0.39, 0.29) is 12.0 Å². The van der Waals surface area contributed by atoms with Gasteiger partial charge in [0.2, 0.25) is 0 Å². The second kappa shape index (κ2) is 8.08. The van der Waals surface area contributed by atoms with Crippen LogP contribution < -0.4 is 10.1 Å². The van der Waals surface area contributed by atoms with Crippen LogP contribution in [0, 0.1) is 0 Å². The van der Waals surface area contributed by atoms with Crippen LogP contribution in [0.15, 0.2) is 47.8 Å². The molecule has 0 aliphatic carbocycles. The van der Waals surface area contributed by atoms with Gasteiger partial charge in [-0.3, -0.25) is 10.1 Å². The summed E-state index contributed by atoms with van der Waals surface area (Å²) in [5.41, 5.74) is 1.92. The number of hydrogen-bond acceptors (Lipinski definition) is 4. The summed E-state index contributed by atoms with van der Waals surface area (Å²) >= 11 is 13.5. The molecule has 0 radical (unpaired) electrons. The van der Waals surface area contributed by atoms with Crippen molar-refractivity contribution in [2.45, 2.75) is 20.0 Å². The minimum absolute atomic E-state index is 0.0849. The van der Waals surface area contributed by atoms with E-state index in [1.165, 1.54) is 11.3 Å². The third-order valence-corrected chi connectivity index (χ3v) is 4.74. The van der Waals surface area contributed by atoms with Crippen LogP contribution in [0.4, 0.5) is 5.13 Å². The van der Waals surface area contributed by atoms with Crippen LogP contribution in [0.25, 0.3) is 11.3 Å². The molecule has 0 fully saturated rings. The highest BCUT2D eigenvalue weighted by Crippen LogP contribution is 2.32. The van der Waals surface area contributed by atoms with E-state index in [1.807, 2.05) is 19.2 Å². The second-order valence-electron chi connectivity index (χ2n) is 5.81. The van der Waals surface area contributed by atoms with Crippen LogP contribution >= 0.6 is 34.5 Å². The summed E-state index contributed by atoms with van der Waals surface area (Å²) < 4.78 is 5.58. The minimum Gasteiger partial charge on any atom is -0.491 e. The van der Waals surface area contributed by atoms with Crippen molar-refractivity contribution in [1.29, 1.82) is 0 Å². The zero-order valence-electron chi connectivity index (χ0n) is 14.1. The molecule has 0 spiro atoms. The summed E-state index contributed by atoms with van der Waals surface area (Å²) in [6.07, 6.45) is 0.0849. The van der Waals surface area contributed by atoms with E-state index in [1.54, 1.807) is 42.5 Å². The maximum absolute atomic E-state index is 12.4. The fraction of sp³-hybridized carbons (Fsp3) is 0.158. The Morgan fingerprint density at radius 1 is 1.15 bits per heavy atom. The molecule has 1 amide bonds. The number of benzene rings is 2. The van der Waals surface area contributed by atoms with E-state index in [4.69, 9.17) is 27.9 Å². The molecule has 0 bridgehead atoms. The molecule has 0 aliphatic rings. The Balaban J connectivity index is 1.72. The largest absolute Gasteiger partial charge is 0.491 e. The lowest BCUT2D eigenvalue weighted by molar-refractivity contribution is 0.102. The Morgan fingerprint density at radius 3 is 2.58 bits per heavy atom. The van der Waals surface area contributed by atoms with Crippen LogP contribution in [0.1, 0.15) is 24.2 Å². The van der Waals surface area contributed by atoms with Crippen LogP contribution in [0.3, 0.4) is 0 Å². The van der Waals surface area contributed by atoms with Crippen molar-refractivity contribution in [1.82, 2.24) is 4.98 Å². The van der Waals surface area contributed by atoms with Gasteiger partial charge in [0.05, 0.1) is 16.8 Å². The fourth-order valence-electron chi connectivity index (χ4n) is 2.27. The van der Waals surface area contributed by atoms with E-state index >= 15 is 0 Å².